The Labute approximate surface area is 241 Å². The number of hydrogen-bond donors (Lipinski definition) is 2. The molecule has 0 atom stereocenters. The van der Waals surface area contributed by atoms with E-state index in [-0.39, 0.29) is 23.5 Å². The summed E-state index contributed by atoms with van der Waals surface area (Å²) in [6.45, 7) is 1.49. The number of likely N-dealkylation sites (tertiary alicyclic amines) is 1. The molecular weight excluding hydrogens is 544 g/mol. The van der Waals surface area contributed by atoms with Crippen molar-refractivity contribution in [3.05, 3.63) is 82.6 Å². The standard InChI is InChI=1S/C29H29ClN8O3/c1-37(27(39)19-7-10-38(11-8-19)28(40)25-6-9-33-41-25)17-21-4-5-22-13-20(21)3-2-18-12-23(15-31-14-18)35-29-32-16-24(30)26(34-22)36-29/h4-6,9,12-16,19H,2-3,7-8,10-11,17H2,1H3,(H2,32,34,35,36). The van der Waals surface area contributed by atoms with E-state index < -0.39 is 0 Å². The minimum atomic E-state index is -0.188. The van der Waals surface area contributed by atoms with Gasteiger partial charge in [-0.05, 0) is 60.6 Å². The summed E-state index contributed by atoms with van der Waals surface area (Å²) < 4.78 is 5.00. The van der Waals surface area contributed by atoms with E-state index in [1.807, 2.05) is 31.4 Å². The zero-order valence-electron chi connectivity index (χ0n) is 22.5. The predicted molar refractivity (Wildman–Crippen MR) is 153 cm³/mol. The summed E-state index contributed by atoms with van der Waals surface area (Å²) in [7, 11) is 1.84. The minimum absolute atomic E-state index is 0.0825. The van der Waals surface area contributed by atoms with Crippen molar-refractivity contribution in [2.75, 3.05) is 30.8 Å². The number of carbonyl (C=O) groups is 2. The highest BCUT2D eigenvalue weighted by atomic mass is 35.5. The normalized spacial score (nSPS) is 15.0. The lowest BCUT2D eigenvalue weighted by Crippen LogP contribution is -2.43. The maximum absolute atomic E-state index is 13.4. The molecule has 0 radical (unpaired) electrons. The third kappa shape index (κ3) is 5.99. The molecule has 0 spiro atoms. The number of carbonyl (C=O) groups excluding carboxylic acids is 2. The van der Waals surface area contributed by atoms with Crippen LogP contribution in [0.25, 0.3) is 0 Å². The molecule has 210 valence electrons. The van der Waals surface area contributed by atoms with Gasteiger partial charge in [0.1, 0.15) is 5.02 Å². The molecule has 2 aliphatic rings. The Morgan fingerprint density at radius 3 is 2.73 bits per heavy atom. The SMILES string of the molecule is CN(Cc1ccc2cc1CCc1cncc(c1)Nc1ncc(Cl)c(n1)N2)C(=O)C1CCN(C(=O)c2ccno2)CC1. The van der Waals surface area contributed by atoms with Crippen LogP contribution >= 0.6 is 11.6 Å². The van der Waals surface area contributed by atoms with Gasteiger partial charge in [0, 0.05) is 50.6 Å². The highest BCUT2D eigenvalue weighted by Crippen LogP contribution is 2.29. The van der Waals surface area contributed by atoms with Gasteiger partial charge in [-0.2, -0.15) is 4.98 Å². The summed E-state index contributed by atoms with van der Waals surface area (Å²) in [5, 5.41) is 10.5. The third-order valence-corrected chi connectivity index (χ3v) is 7.79. The van der Waals surface area contributed by atoms with E-state index in [9.17, 15) is 9.59 Å². The molecule has 2 amide bonds. The number of nitrogens with zero attached hydrogens (tertiary/aromatic N) is 6. The lowest BCUT2D eigenvalue weighted by atomic mass is 9.94. The molecule has 12 heteroatoms. The van der Waals surface area contributed by atoms with Crippen molar-refractivity contribution < 1.29 is 14.1 Å². The fourth-order valence-electron chi connectivity index (χ4n) is 5.30. The zero-order chi connectivity index (χ0) is 28.3. The quantitative estimate of drug-likeness (QED) is 0.360. The summed E-state index contributed by atoms with van der Waals surface area (Å²) in [5.41, 5.74) is 4.89. The van der Waals surface area contributed by atoms with E-state index in [2.05, 4.69) is 36.8 Å². The number of benzene rings is 1. The van der Waals surface area contributed by atoms with E-state index in [4.69, 9.17) is 16.1 Å². The van der Waals surface area contributed by atoms with Crippen LogP contribution in [-0.4, -0.2) is 61.9 Å². The molecule has 0 saturated carbocycles. The van der Waals surface area contributed by atoms with Crippen molar-refractivity contribution in [3.63, 3.8) is 0 Å². The van der Waals surface area contributed by atoms with Crippen LogP contribution in [0, 0.1) is 5.92 Å². The number of aromatic nitrogens is 4. The Balaban J connectivity index is 1.18. The number of piperidine rings is 1. The summed E-state index contributed by atoms with van der Waals surface area (Å²) in [6.07, 6.45) is 9.35. The number of hydrogen-bond acceptors (Lipinski definition) is 9. The third-order valence-electron chi connectivity index (χ3n) is 7.51. The van der Waals surface area contributed by atoms with E-state index in [1.54, 1.807) is 28.3 Å². The van der Waals surface area contributed by atoms with Gasteiger partial charge in [0.05, 0.1) is 24.3 Å². The van der Waals surface area contributed by atoms with Crippen LogP contribution in [0.1, 0.15) is 40.1 Å². The van der Waals surface area contributed by atoms with Gasteiger partial charge in [-0.15, -0.1) is 0 Å². The molecule has 11 nitrogen and oxygen atoms in total. The second-order valence-electron chi connectivity index (χ2n) is 10.3. The van der Waals surface area contributed by atoms with Gasteiger partial charge in [0.2, 0.25) is 17.6 Å². The number of anilines is 4. The van der Waals surface area contributed by atoms with Crippen LogP contribution in [0.2, 0.25) is 5.02 Å². The maximum Gasteiger partial charge on any atom is 0.292 e. The van der Waals surface area contributed by atoms with Crippen molar-refractivity contribution in [1.29, 1.82) is 0 Å². The smallest absolute Gasteiger partial charge is 0.292 e. The number of pyridine rings is 1. The van der Waals surface area contributed by atoms with Gasteiger partial charge < -0.3 is 25.0 Å². The average molecular weight is 573 g/mol. The van der Waals surface area contributed by atoms with Gasteiger partial charge in [0.25, 0.3) is 5.91 Å². The lowest BCUT2D eigenvalue weighted by Gasteiger charge is -2.33. The predicted octanol–water partition coefficient (Wildman–Crippen LogP) is 4.61. The fourth-order valence-corrected chi connectivity index (χ4v) is 5.44. The molecule has 6 bridgehead atoms. The molecule has 5 heterocycles. The zero-order valence-corrected chi connectivity index (χ0v) is 23.3. The van der Waals surface area contributed by atoms with E-state index in [0.717, 1.165) is 40.9 Å². The number of fused-ring (bicyclic) bond motifs is 6. The van der Waals surface area contributed by atoms with E-state index in [0.29, 0.717) is 49.3 Å². The highest BCUT2D eigenvalue weighted by molar-refractivity contribution is 6.32. The van der Waals surface area contributed by atoms with Gasteiger partial charge >= 0.3 is 0 Å². The first-order valence-electron chi connectivity index (χ1n) is 13.5. The molecule has 6 rings (SSSR count). The van der Waals surface area contributed by atoms with Crippen molar-refractivity contribution in [1.82, 2.24) is 29.9 Å². The summed E-state index contributed by atoms with van der Waals surface area (Å²) >= 11 is 6.39. The van der Waals surface area contributed by atoms with Crippen LogP contribution in [0.5, 0.6) is 0 Å². The van der Waals surface area contributed by atoms with Gasteiger partial charge in [-0.1, -0.05) is 22.8 Å². The van der Waals surface area contributed by atoms with Gasteiger partial charge in [0.15, 0.2) is 5.82 Å². The van der Waals surface area contributed by atoms with Crippen LogP contribution in [0.3, 0.4) is 0 Å². The van der Waals surface area contributed by atoms with E-state index in [1.165, 1.54) is 6.20 Å². The van der Waals surface area contributed by atoms with Crippen molar-refractivity contribution >= 4 is 46.6 Å². The molecule has 3 aromatic heterocycles. The Bertz CT molecular complexity index is 1570. The second-order valence-corrected chi connectivity index (χ2v) is 10.8. The van der Waals surface area contributed by atoms with Crippen molar-refractivity contribution in [2.45, 2.75) is 32.2 Å². The monoisotopic (exact) mass is 572 g/mol. The fraction of sp³-hybridized carbons (Fsp3) is 0.310. The number of nitrogens with one attached hydrogen (secondary N) is 2. The molecule has 0 aliphatic carbocycles. The Kier molecular flexibility index (Phi) is 7.51. The molecule has 1 fully saturated rings. The Hall–Kier alpha value is -4.51. The van der Waals surface area contributed by atoms with E-state index >= 15 is 0 Å². The molecular formula is C29H29ClN8O3. The highest BCUT2D eigenvalue weighted by Gasteiger charge is 2.30. The Morgan fingerprint density at radius 1 is 1.07 bits per heavy atom. The molecule has 0 unspecified atom stereocenters. The first kappa shape index (κ1) is 26.7. The molecule has 1 aromatic carbocycles. The number of halogens is 1. The molecule has 2 N–H and O–H groups in total. The van der Waals surface area contributed by atoms with Crippen LogP contribution < -0.4 is 10.6 Å². The summed E-state index contributed by atoms with van der Waals surface area (Å²) in [6, 6.07) is 9.69. The number of aryl methyl sites for hydroxylation is 2. The first-order chi connectivity index (χ1) is 19.9. The van der Waals surface area contributed by atoms with Crippen LogP contribution in [0.4, 0.5) is 23.1 Å². The number of rotatable bonds is 4. The minimum Gasteiger partial charge on any atom is -0.351 e. The summed E-state index contributed by atoms with van der Waals surface area (Å²) in [5.74, 6) is 0.887. The largest absolute Gasteiger partial charge is 0.351 e. The van der Waals surface area contributed by atoms with Crippen LogP contribution in [-0.2, 0) is 24.2 Å². The number of amides is 2. The molecule has 41 heavy (non-hydrogen) atoms. The van der Waals surface area contributed by atoms with Crippen LogP contribution in [0.15, 0.2) is 59.6 Å². The first-order valence-corrected chi connectivity index (χ1v) is 13.9. The average Bonchev–Trinajstić information content (AvgIpc) is 3.53. The molecule has 4 aromatic rings. The second kappa shape index (κ2) is 11.5. The molecule has 2 aliphatic heterocycles. The Morgan fingerprint density at radius 2 is 1.93 bits per heavy atom. The summed E-state index contributed by atoms with van der Waals surface area (Å²) in [4.78, 5) is 42.7. The van der Waals surface area contributed by atoms with Gasteiger partial charge in [-0.3, -0.25) is 14.6 Å². The van der Waals surface area contributed by atoms with Crippen molar-refractivity contribution in [2.24, 2.45) is 5.92 Å². The van der Waals surface area contributed by atoms with Crippen molar-refractivity contribution in [3.8, 4) is 0 Å². The maximum atomic E-state index is 13.4. The molecule has 1 saturated heterocycles. The van der Waals surface area contributed by atoms with Gasteiger partial charge in [-0.25, -0.2) is 4.98 Å². The lowest BCUT2D eigenvalue weighted by molar-refractivity contribution is -0.136. The topological polar surface area (TPSA) is 129 Å².